The van der Waals surface area contributed by atoms with Crippen LogP contribution < -0.4 is 5.48 Å². The Bertz CT molecular complexity index is 482. The lowest BCUT2D eigenvalue weighted by Crippen LogP contribution is -2.34. The highest BCUT2D eigenvalue weighted by Gasteiger charge is 2.17. The average Bonchev–Trinajstić information content (AvgIpc) is 2.33. The third-order valence-electron chi connectivity index (χ3n) is 2.20. The van der Waals surface area contributed by atoms with E-state index < -0.39 is 17.7 Å². The Morgan fingerprint density at radius 3 is 2.50 bits per heavy atom. The van der Waals surface area contributed by atoms with Gasteiger partial charge in [0, 0.05) is 0 Å². The number of hydrogen-bond acceptors (Lipinski definition) is 4. The third-order valence-corrected chi connectivity index (χ3v) is 2.20. The molecule has 0 unspecified atom stereocenters. The summed E-state index contributed by atoms with van der Waals surface area (Å²) in [6, 6.07) is 6.16. The van der Waals surface area contributed by atoms with Crippen molar-refractivity contribution in [3.8, 4) is 0 Å². The van der Waals surface area contributed by atoms with Crippen molar-refractivity contribution in [1.82, 2.24) is 5.48 Å². The summed E-state index contributed by atoms with van der Waals surface area (Å²) in [6.45, 7) is 5.06. The Morgan fingerprint density at radius 2 is 1.90 bits per heavy atom. The van der Waals surface area contributed by atoms with Crippen LogP contribution in [0.15, 0.2) is 24.3 Å². The van der Waals surface area contributed by atoms with Gasteiger partial charge in [-0.2, -0.15) is 0 Å². The zero-order chi connectivity index (χ0) is 15.2. The first-order chi connectivity index (χ1) is 9.28. The fourth-order valence-corrected chi connectivity index (χ4v) is 1.39. The van der Waals surface area contributed by atoms with Crippen molar-refractivity contribution in [2.45, 2.75) is 39.2 Å². The Kier molecular flexibility index (Phi) is 5.49. The van der Waals surface area contributed by atoms with E-state index in [-0.39, 0.29) is 18.7 Å². The van der Waals surface area contributed by atoms with Crippen LogP contribution in [-0.2, 0) is 20.8 Å². The van der Waals surface area contributed by atoms with Crippen LogP contribution in [0.5, 0.6) is 0 Å². The van der Waals surface area contributed by atoms with Crippen molar-refractivity contribution in [1.29, 1.82) is 0 Å². The Balaban J connectivity index is 2.31. The summed E-state index contributed by atoms with van der Waals surface area (Å²) in [6.07, 6.45) is -0.699. The van der Waals surface area contributed by atoms with Gasteiger partial charge in [0.05, 0.1) is 6.42 Å². The van der Waals surface area contributed by atoms with E-state index >= 15 is 0 Å². The van der Waals surface area contributed by atoms with Gasteiger partial charge in [-0.3, -0.25) is 0 Å². The number of amides is 1. The lowest BCUT2D eigenvalue weighted by molar-refractivity contribution is -0.150. The van der Waals surface area contributed by atoms with Crippen LogP contribution in [0.1, 0.15) is 32.8 Å². The predicted molar refractivity (Wildman–Crippen MR) is 70.2 cm³/mol. The van der Waals surface area contributed by atoms with Crippen molar-refractivity contribution in [3.63, 3.8) is 0 Å². The molecule has 0 aromatic heterocycles. The molecule has 1 amide bonds. The molecular weight excluding hydrogens is 265 g/mol. The van der Waals surface area contributed by atoms with Crippen LogP contribution in [0.3, 0.4) is 0 Å². The van der Waals surface area contributed by atoms with Crippen molar-refractivity contribution in [3.05, 3.63) is 35.6 Å². The molecule has 0 bridgehead atoms. The maximum atomic E-state index is 13.3. The second-order valence-corrected chi connectivity index (χ2v) is 5.17. The molecule has 0 saturated heterocycles. The van der Waals surface area contributed by atoms with E-state index in [9.17, 15) is 14.0 Å². The maximum absolute atomic E-state index is 13.3. The van der Waals surface area contributed by atoms with Gasteiger partial charge in [0.25, 0.3) is 0 Å². The maximum Gasteiger partial charge on any atom is 0.441 e. The van der Waals surface area contributed by atoms with Gasteiger partial charge >= 0.3 is 12.1 Å². The molecule has 0 aliphatic carbocycles. The van der Waals surface area contributed by atoms with E-state index in [0.717, 1.165) is 0 Å². The van der Waals surface area contributed by atoms with Crippen molar-refractivity contribution >= 4 is 12.1 Å². The van der Waals surface area contributed by atoms with Crippen LogP contribution in [0, 0.1) is 5.82 Å². The third kappa shape index (κ3) is 6.17. The molecule has 6 heteroatoms. The highest BCUT2D eigenvalue weighted by atomic mass is 19.1. The summed E-state index contributed by atoms with van der Waals surface area (Å²) in [5.74, 6) is -1.04. The number of ether oxygens (including phenoxy) is 1. The lowest BCUT2D eigenvalue weighted by atomic mass is 10.1. The normalized spacial score (nSPS) is 10.8. The smallest absolute Gasteiger partial charge is 0.441 e. The molecule has 1 aromatic carbocycles. The van der Waals surface area contributed by atoms with Crippen molar-refractivity contribution in [2.24, 2.45) is 0 Å². The van der Waals surface area contributed by atoms with E-state index in [1.165, 1.54) is 6.07 Å². The molecule has 0 spiro atoms. The van der Waals surface area contributed by atoms with E-state index in [1.54, 1.807) is 39.0 Å². The van der Waals surface area contributed by atoms with Gasteiger partial charge in [0.2, 0.25) is 0 Å². The summed E-state index contributed by atoms with van der Waals surface area (Å²) in [5, 5.41) is 0. The first kappa shape index (κ1) is 15.9. The minimum Gasteiger partial charge on any atom is -0.442 e. The van der Waals surface area contributed by atoms with Crippen molar-refractivity contribution in [2.75, 3.05) is 0 Å². The number of carbonyl (C=O) groups excluding carboxylic acids is 2. The minimum atomic E-state index is -0.850. The fourth-order valence-electron chi connectivity index (χ4n) is 1.39. The van der Waals surface area contributed by atoms with Crippen molar-refractivity contribution < 1.29 is 23.6 Å². The summed E-state index contributed by atoms with van der Waals surface area (Å²) in [4.78, 5) is 27.1. The van der Waals surface area contributed by atoms with Crippen LogP contribution in [0.4, 0.5) is 9.18 Å². The standard InChI is InChI=1S/C14H18FNO4/c1-14(2,3)19-13(18)16-20-12(17)9-8-10-6-4-5-7-11(10)15/h4-7H,8-9H2,1-3H3,(H,16,18). The molecule has 1 rings (SSSR count). The molecule has 0 atom stereocenters. The van der Waals surface area contributed by atoms with E-state index in [4.69, 9.17) is 4.74 Å². The molecule has 1 N–H and O–H groups in total. The topological polar surface area (TPSA) is 64.6 Å². The first-order valence-electron chi connectivity index (χ1n) is 6.20. The number of benzene rings is 1. The summed E-state index contributed by atoms with van der Waals surface area (Å²) >= 11 is 0. The van der Waals surface area contributed by atoms with E-state index in [2.05, 4.69) is 4.84 Å². The van der Waals surface area contributed by atoms with Crippen LogP contribution in [0.2, 0.25) is 0 Å². The molecule has 0 saturated carbocycles. The molecule has 0 fully saturated rings. The van der Waals surface area contributed by atoms with E-state index in [0.29, 0.717) is 5.56 Å². The van der Waals surface area contributed by atoms with Crippen LogP contribution in [-0.4, -0.2) is 17.7 Å². The zero-order valence-electron chi connectivity index (χ0n) is 11.7. The number of aryl methyl sites for hydroxylation is 1. The van der Waals surface area contributed by atoms with Gasteiger partial charge in [-0.15, -0.1) is 5.48 Å². The number of nitrogens with one attached hydrogen (secondary N) is 1. The largest absolute Gasteiger partial charge is 0.442 e. The summed E-state index contributed by atoms with van der Waals surface area (Å²) in [7, 11) is 0. The zero-order valence-corrected chi connectivity index (χ0v) is 11.7. The van der Waals surface area contributed by atoms with Gasteiger partial charge in [0.15, 0.2) is 0 Å². The molecule has 0 radical (unpaired) electrons. The highest BCUT2D eigenvalue weighted by molar-refractivity contribution is 5.73. The predicted octanol–water partition coefficient (Wildman–Crippen LogP) is 2.74. The van der Waals surface area contributed by atoms with Gasteiger partial charge in [-0.25, -0.2) is 14.0 Å². The van der Waals surface area contributed by atoms with Gasteiger partial charge in [-0.1, -0.05) is 18.2 Å². The van der Waals surface area contributed by atoms with Gasteiger partial charge in [0.1, 0.15) is 11.4 Å². The highest BCUT2D eigenvalue weighted by Crippen LogP contribution is 2.09. The second-order valence-electron chi connectivity index (χ2n) is 5.17. The SMILES string of the molecule is CC(C)(C)OC(=O)NOC(=O)CCc1ccccc1F. The lowest BCUT2D eigenvalue weighted by Gasteiger charge is -2.19. The molecule has 20 heavy (non-hydrogen) atoms. The average molecular weight is 283 g/mol. The Morgan fingerprint density at radius 1 is 1.25 bits per heavy atom. The number of carbonyl (C=O) groups is 2. The fraction of sp³-hybridized carbons (Fsp3) is 0.429. The second kappa shape index (κ2) is 6.88. The number of halogens is 1. The Hall–Kier alpha value is -2.11. The number of hydroxylamine groups is 1. The molecule has 0 aliphatic heterocycles. The quantitative estimate of drug-likeness (QED) is 0.866. The molecule has 0 aliphatic rings. The number of hydrogen-bond donors (Lipinski definition) is 1. The Labute approximate surface area is 117 Å². The minimum absolute atomic E-state index is 0.0449. The molecule has 0 heterocycles. The molecular formula is C14H18FNO4. The molecule has 5 nitrogen and oxygen atoms in total. The van der Waals surface area contributed by atoms with E-state index in [1.807, 2.05) is 5.48 Å². The monoisotopic (exact) mass is 283 g/mol. The van der Waals surface area contributed by atoms with Gasteiger partial charge < -0.3 is 9.57 Å². The van der Waals surface area contributed by atoms with Gasteiger partial charge in [-0.05, 0) is 38.8 Å². The number of rotatable bonds is 3. The summed E-state index contributed by atoms with van der Waals surface area (Å²) in [5.41, 5.74) is 1.63. The molecule has 110 valence electrons. The van der Waals surface area contributed by atoms with Crippen LogP contribution >= 0.6 is 0 Å². The summed E-state index contributed by atoms with van der Waals surface area (Å²) < 4.78 is 18.2. The van der Waals surface area contributed by atoms with Crippen LogP contribution in [0.25, 0.3) is 0 Å². The molecule has 1 aromatic rings. The first-order valence-corrected chi connectivity index (χ1v) is 6.20.